The number of aromatic nitrogens is 2. The standard InChI is InChI=1S/C32H42FN5O2/c1-21(2)36(4)32(40)28-17-25(33)7-10-30(28)38-20-29(27-11-14-34-18-31(27)38)24-12-15-37(16-13-24)19-23-5-8-26(9-6-23)35-22(3)39/h7,10-11,14,17-18,20-21,23-24,26H,5-6,8-9,12-13,15-16,19H2,1-4H3,(H,35,39)/t23-,26-. The lowest BCUT2D eigenvalue weighted by Gasteiger charge is -2.36. The summed E-state index contributed by atoms with van der Waals surface area (Å²) in [6.07, 6.45) is 12.5. The number of halogens is 1. The zero-order chi connectivity index (χ0) is 28.4. The van der Waals surface area contributed by atoms with E-state index < -0.39 is 5.82 Å². The number of hydrogen-bond acceptors (Lipinski definition) is 4. The molecular formula is C32H42FN5O2. The van der Waals surface area contributed by atoms with Gasteiger partial charge in [-0.3, -0.25) is 14.6 Å². The number of amides is 2. The number of nitrogens with one attached hydrogen (secondary N) is 1. The summed E-state index contributed by atoms with van der Waals surface area (Å²) in [7, 11) is 1.75. The quantitative estimate of drug-likeness (QED) is 0.423. The van der Waals surface area contributed by atoms with Gasteiger partial charge in [0.15, 0.2) is 0 Å². The fourth-order valence-corrected chi connectivity index (χ4v) is 6.51. The molecule has 1 N–H and O–H groups in total. The van der Waals surface area contributed by atoms with Gasteiger partial charge >= 0.3 is 0 Å². The van der Waals surface area contributed by atoms with Crippen molar-refractivity contribution in [3.63, 3.8) is 0 Å². The van der Waals surface area contributed by atoms with Gasteiger partial charge in [-0.15, -0.1) is 0 Å². The summed E-state index contributed by atoms with van der Waals surface area (Å²) in [6, 6.07) is 6.88. The molecule has 40 heavy (non-hydrogen) atoms. The van der Waals surface area contributed by atoms with Crippen molar-refractivity contribution in [1.29, 1.82) is 0 Å². The van der Waals surface area contributed by atoms with E-state index in [9.17, 15) is 14.0 Å². The molecule has 8 heteroatoms. The van der Waals surface area contributed by atoms with Gasteiger partial charge in [-0.25, -0.2) is 4.39 Å². The first-order valence-electron chi connectivity index (χ1n) is 14.7. The predicted octanol–water partition coefficient (Wildman–Crippen LogP) is 5.52. The molecule has 7 nitrogen and oxygen atoms in total. The Kier molecular flexibility index (Phi) is 8.54. The Morgan fingerprint density at radius 1 is 1.10 bits per heavy atom. The minimum absolute atomic E-state index is 0.000294. The lowest BCUT2D eigenvalue weighted by Crippen LogP contribution is -2.40. The molecule has 0 atom stereocenters. The number of likely N-dealkylation sites (tertiary alicyclic amines) is 1. The first kappa shape index (κ1) is 28.3. The minimum Gasteiger partial charge on any atom is -0.354 e. The maximum absolute atomic E-state index is 14.4. The number of nitrogens with zero attached hydrogens (tertiary/aromatic N) is 4. The molecule has 2 aliphatic rings. The van der Waals surface area contributed by atoms with Crippen molar-refractivity contribution in [3.8, 4) is 5.69 Å². The van der Waals surface area contributed by atoms with E-state index in [1.54, 1.807) is 24.9 Å². The molecule has 0 unspecified atom stereocenters. The monoisotopic (exact) mass is 547 g/mol. The van der Waals surface area contributed by atoms with Gasteiger partial charge in [-0.2, -0.15) is 0 Å². The van der Waals surface area contributed by atoms with Crippen LogP contribution in [0.1, 0.15) is 81.1 Å². The van der Waals surface area contributed by atoms with Crippen LogP contribution < -0.4 is 5.32 Å². The number of pyridine rings is 1. The van der Waals surface area contributed by atoms with Crippen LogP contribution in [-0.4, -0.2) is 69.9 Å². The number of piperidine rings is 1. The van der Waals surface area contributed by atoms with Crippen molar-refractivity contribution in [2.45, 2.75) is 77.3 Å². The Morgan fingerprint density at radius 3 is 2.50 bits per heavy atom. The second kappa shape index (κ2) is 12.1. The lowest BCUT2D eigenvalue weighted by molar-refractivity contribution is -0.119. The molecule has 3 heterocycles. The molecule has 1 aliphatic heterocycles. The third-order valence-corrected chi connectivity index (χ3v) is 8.98. The van der Waals surface area contributed by atoms with Gasteiger partial charge in [0, 0.05) is 50.4 Å². The summed E-state index contributed by atoms with van der Waals surface area (Å²) < 4.78 is 16.4. The van der Waals surface area contributed by atoms with Gasteiger partial charge in [0.2, 0.25) is 5.91 Å². The van der Waals surface area contributed by atoms with Gasteiger partial charge < -0.3 is 19.7 Å². The molecule has 1 aliphatic carbocycles. The number of hydrogen-bond donors (Lipinski definition) is 1. The molecule has 5 rings (SSSR count). The molecule has 2 aromatic heterocycles. The molecule has 0 bridgehead atoms. The summed E-state index contributed by atoms with van der Waals surface area (Å²) in [6.45, 7) is 8.77. The molecule has 2 amide bonds. The van der Waals surface area contributed by atoms with Gasteiger partial charge in [0.25, 0.3) is 5.91 Å². The van der Waals surface area contributed by atoms with Crippen LogP contribution >= 0.6 is 0 Å². The smallest absolute Gasteiger partial charge is 0.256 e. The van der Waals surface area contributed by atoms with Crippen LogP contribution in [0.3, 0.4) is 0 Å². The highest BCUT2D eigenvalue weighted by atomic mass is 19.1. The maximum atomic E-state index is 14.4. The van der Waals surface area contributed by atoms with E-state index in [0.717, 1.165) is 56.2 Å². The Balaban J connectivity index is 1.33. The molecule has 0 radical (unpaired) electrons. The van der Waals surface area contributed by atoms with E-state index >= 15 is 0 Å². The van der Waals surface area contributed by atoms with Crippen LogP contribution in [0, 0.1) is 11.7 Å². The van der Waals surface area contributed by atoms with E-state index in [1.807, 2.05) is 30.8 Å². The van der Waals surface area contributed by atoms with Gasteiger partial charge in [0.05, 0.1) is 23.0 Å². The summed E-state index contributed by atoms with van der Waals surface area (Å²) in [5, 5.41) is 4.23. The molecule has 3 aromatic rings. The van der Waals surface area contributed by atoms with E-state index in [4.69, 9.17) is 0 Å². The van der Waals surface area contributed by atoms with Crippen LogP contribution in [-0.2, 0) is 4.79 Å². The maximum Gasteiger partial charge on any atom is 0.256 e. The highest BCUT2D eigenvalue weighted by molar-refractivity contribution is 5.99. The Hall–Kier alpha value is -3.26. The van der Waals surface area contributed by atoms with Crippen LogP contribution in [0.15, 0.2) is 42.9 Å². The fraction of sp³-hybridized carbons (Fsp3) is 0.531. The second-order valence-corrected chi connectivity index (χ2v) is 12.0. The minimum atomic E-state index is -0.421. The summed E-state index contributed by atoms with van der Waals surface area (Å²) in [4.78, 5) is 33.4. The molecule has 1 aromatic carbocycles. The SMILES string of the molecule is CC(=O)N[C@H]1CC[C@H](CN2CCC(c3cn(-c4ccc(F)cc4C(=O)N(C)C(C)C)c4cnccc34)CC2)CC1. The van der Waals surface area contributed by atoms with E-state index in [0.29, 0.717) is 29.1 Å². The van der Waals surface area contributed by atoms with E-state index in [-0.39, 0.29) is 17.9 Å². The topological polar surface area (TPSA) is 70.5 Å². The summed E-state index contributed by atoms with van der Waals surface area (Å²) >= 11 is 0. The fourth-order valence-electron chi connectivity index (χ4n) is 6.51. The van der Waals surface area contributed by atoms with Crippen LogP contribution in [0.25, 0.3) is 16.6 Å². The van der Waals surface area contributed by atoms with Crippen molar-refractivity contribution >= 4 is 22.7 Å². The van der Waals surface area contributed by atoms with Crippen LogP contribution in [0.2, 0.25) is 0 Å². The number of benzene rings is 1. The third-order valence-electron chi connectivity index (χ3n) is 8.98. The highest BCUT2D eigenvalue weighted by Gasteiger charge is 2.29. The lowest BCUT2D eigenvalue weighted by atomic mass is 9.84. The summed E-state index contributed by atoms with van der Waals surface area (Å²) in [5.74, 6) is 0.572. The average Bonchev–Trinajstić information content (AvgIpc) is 3.33. The van der Waals surface area contributed by atoms with Crippen molar-refractivity contribution < 1.29 is 14.0 Å². The number of carbonyl (C=O) groups is 2. The highest BCUT2D eigenvalue weighted by Crippen LogP contribution is 2.37. The number of carbonyl (C=O) groups excluding carboxylic acids is 2. The second-order valence-electron chi connectivity index (χ2n) is 12.0. The van der Waals surface area contributed by atoms with Crippen molar-refractivity contribution in [2.75, 3.05) is 26.7 Å². The van der Waals surface area contributed by atoms with E-state index in [1.165, 1.54) is 30.5 Å². The Bertz CT molecular complexity index is 1350. The van der Waals surface area contributed by atoms with Crippen molar-refractivity contribution in [3.05, 3.63) is 59.8 Å². The number of fused-ring (bicyclic) bond motifs is 1. The largest absolute Gasteiger partial charge is 0.354 e. The van der Waals surface area contributed by atoms with Crippen molar-refractivity contribution in [1.82, 2.24) is 24.7 Å². The van der Waals surface area contributed by atoms with Crippen molar-refractivity contribution in [2.24, 2.45) is 5.92 Å². The molecule has 1 saturated carbocycles. The molecule has 2 fully saturated rings. The zero-order valence-corrected chi connectivity index (χ0v) is 24.2. The Morgan fingerprint density at radius 2 is 1.82 bits per heavy atom. The number of rotatable bonds is 7. The first-order valence-corrected chi connectivity index (χ1v) is 14.7. The average molecular weight is 548 g/mol. The van der Waals surface area contributed by atoms with Gasteiger partial charge in [-0.1, -0.05) is 0 Å². The first-order chi connectivity index (χ1) is 19.2. The molecule has 214 valence electrons. The van der Waals surface area contributed by atoms with Crippen LogP contribution in [0.5, 0.6) is 0 Å². The normalized spacial score (nSPS) is 20.6. The van der Waals surface area contributed by atoms with E-state index in [2.05, 4.69) is 27.5 Å². The van der Waals surface area contributed by atoms with Crippen LogP contribution in [0.4, 0.5) is 4.39 Å². The molecule has 0 spiro atoms. The van der Waals surface area contributed by atoms with Gasteiger partial charge in [-0.05, 0) is 107 Å². The van der Waals surface area contributed by atoms with Gasteiger partial charge in [0.1, 0.15) is 5.82 Å². The molecular weight excluding hydrogens is 505 g/mol. The third kappa shape index (κ3) is 6.07. The Labute approximate surface area is 236 Å². The molecule has 1 saturated heterocycles. The summed E-state index contributed by atoms with van der Waals surface area (Å²) in [5.41, 5.74) is 3.23. The zero-order valence-electron chi connectivity index (χ0n) is 24.2. The predicted molar refractivity (Wildman–Crippen MR) is 156 cm³/mol.